The van der Waals surface area contributed by atoms with Gasteiger partial charge in [-0.1, -0.05) is 0 Å². The molecule has 0 atom stereocenters. The summed E-state index contributed by atoms with van der Waals surface area (Å²) in [5.74, 6) is 0. The molecular formula is C13H21N5OS. The zero-order chi connectivity index (χ0) is 14.4. The van der Waals surface area contributed by atoms with Crippen LogP contribution in [0.25, 0.3) is 0 Å². The Hall–Kier alpha value is -1.60. The predicted octanol–water partition coefficient (Wildman–Crippen LogP) is 1.79. The van der Waals surface area contributed by atoms with Gasteiger partial charge in [-0.25, -0.2) is 4.98 Å². The lowest BCUT2D eigenvalue weighted by Gasteiger charge is -2.16. The van der Waals surface area contributed by atoms with E-state index in [9.17, 15) is 0 Å². The van der Waals surface area contributed by atoms with Gasteiger partial charge in [0.2, 0.25) is 0 Å². The quantitative estimate of drug-likeness (QED) is 0.777. The summed E-state index contributed by atoms with van der Waals surface area (Å²) in [5.41, 5.74) is 0.955. The van der Waals surface area contributed by atoms with Crippen LogP contribution >= 0.6 is 11.3 Å². The van der Waals surface area contributed by atoms with E-state index in [0.29, 0.717) is 6.54 Å². The van der Waals surface area contributed by atoms with Crippen molar-refractivity contribution in [1.29, 1.82) is 0 Å². The van der Waals surface area contributed by atoms with E-state index in [1.165, 1.54) is 4.88 Å². The van der Waals surface area contributed by atoms with E-state index in [0.717, 1.165) is 30.5 Å². The zero-order valence-electron chi connectivity index (χ0n) is 11.9. The van der Waals surface area contributed by atoms with Crippen molar-refractivity contribution in [2.24, 2.45) is 0 Å². The lowest BCUT2D eigenvalue weighted by Crippen LogP contribution is -2.21. The number of thiazole rings is 1. The average molecular weight is 295 g/mol. The van der Waals surface area contributed by atoms with Crippen molar-refractivity contribution in [2.75, 3.05) is 29.9 Å². The van der Waals surface area contributed by atoms with Crippen molar-refractivity contribution in [2.45, 2.75) is 26.9 Å². The van der Waals surface area contributed by atoms with Crippen molar-refractivity contribution >= 4 is 22.2 Å². The van der Waals surface area contributed by atoms with Gasteiger partial charge in [0.1, 0.15) is 0 Å². The topological polar surface area (TPSA) is 66.2 Å². The van der Waals surface area contributed by atoms with Crippen LogP contribution in [0.15, 0.2) is 18.6 Å². The standard InChI is InChI=1S/C13H21N5OS/c1-3-17(4-2)13-15-9-12(20-13)8-14-11-7-16-18(10-11)5-6-19/h7,9-10,14,19H,3-6,8H2,1-2H3. The summed E-state index contributed by atoms with van der Waals surface area (Å²) >= 11 is 1.71. The van der Waals surface area contributed by atoms with Gasteiger partial charge in [0.15, 0.2) is 5.13 Å². The molecule has 2 aromatic rings. The number of hydrogen-bond acceptors (Lipinski definition) is 6. The van der Waals surface area contributed by atoms with E-state index in [-0.39, 0.29) is 6.61 Å². The molecule has 0 bridgehead atoms. The maximum absolute atomic E-state index is 8.85. The molecule has 0 aliphatic rings. The molecule has 20 heavy (non-hydrogen) atoms. The second-order valence-corrected chi connectivity index (χ2v) is 5.44. The molecule has 0 saturated carbocycles. The summed E-state index contributed by atoms with van der Waals surface area (Å²) in [7, 11) is 0. The lowest BCUT2D eigenvalue weighted by atomic mass is 10.5. The van der Waals surface area contributed by atoms with Crippen LogP contribution in [0.1, 0.15) is 18.7 Å². The highest BCUT2D eigenvalue weighted by Crippen LogP contribution is 2.23. The summed E-state index contributed by atoms with van der Waals surface area (Å²) in [6.07, 6.45) is 5.58. The smallest absolute Gasteiger partial charge is 0.185 e. The first-order valence-corrected chi connectivity index (χ1v) is 7.65. The van der Waals surface area contributed by atoms with E-state index in [1.807, 2.05) is 12.4 Å². The minimum atomic E-state index is 0.100. The second kappa shape index (κ2) is 7.25. The second-order valence-electron chi connectivity index (χ2n) is 4.35. The van der Waals surface area contributed by atoms with E-state index in [2.05, 4.69) is 34.1 Å². The molecule has 0 unspecified atom stereocenters. The minimum Gasteiger partial charge on any atom is -0.394 e. The van der Waals surface area contributed by atoms with Gasteiger partial charge in [-0.05, 0) is 13.8 Å². The van der Waals surface area contributed by atoms with Gasteiger partial charge in [0.05, 0.1) is 31.6 Å². The van der Waals surface area contributed by atoms with Crippen LogP contribution in [-0.2, 0) is 13.1 Å². The van der Waals surface area contributed by atoms with Crippen LogP contribution in [0.3, 0.4) is 0 Å². The van der Waals surface area contributed by atoms with Crippen LogP contribution in [0.5, 0.6) is 0 Å². The third kappa shape index (κ3) is 3.71. The van der Waals surface area contributed by atoms with Crippen molar-refractivity contribution in [3.05, 3.63) is 23.5 Å². The van der Waals surface area contributed by atoms with E-state index in [1.54, 1.807) is 22.2 Å². The van der Waals surface area contributed by atoms with Crippen molar-refractivity contribution in [1.82, 2.24) is 14.8 Å². The molecule has 110 valence electrons. The largest absolute Gasteiger partial charge is 0.394 e. The fourth-order valence-corrected chi connectivity index (χ4v) is 2.86. The van der Waals surface area contributed by atoms with Gasteiger partial charge < -0.3 is 15.3 Å². The molecule has 6 nitrogen and oxygen atoms in total. The average Bonchev–Trinajstić information content (AvgIpc) is 3.08. The van der Waals surface area contributed by atoms with E-state index in [4.69, 9.17) is 5.11 Å². The molecule has 0 spiro atoms. The number of aliphatic hydroxyl groups is 1. The molecule has 2 heterocycles. The van der Waals surface area contributed by atoms with E-state index < -0.39 is 0 Å². The Balaban J connectivity index is 1.90. The van der Waals surface area contributed by atoms with E-state index >= 15 is 0 Å². The van der Waals surface area contributed by atoms with Crippen molar-refractivity contribution in [3.8, 4) is 0 Å². The Morgan fingerprint density at radius 2 is 2.15 bits per heavy atom. The molecule has 0 aliphatic heterocycles. The highest BCUT2D eigenvalue weighted by atomic mass is 32.1. The number of rotatable bonds is 8. The summed E-state index contributed by atoms with van der Waals surface area (Å²) in [4.78, 5) is 7.90. The maximum Gasteiger partial charge on any atom is 0.185 e. The molecule has 0 fully saturated rings. The normalized spacial score (nSPS) is 10.8. The van der Waals surface area contributed by atoms with Crippen molar-refractivity contribution < 1.29 is 5.11 Å². The first-order chi connectivity index (χ1) is 9.76. The molecule has 2 N–H and O–H groups in total. The summed E-state index contributed by atoms with van der Waals surface area (Å²) in [5, 5.41) is 17.4. The summed E-state index contributed by atoms with van der Waals surface area (Å²) < 4.78 is 1.72. The number of anilines is 2. The Labute approximate surface area is 123 Å². The fraction of sp³-hybridized carbons (Fsp3) is 0.538. The van der Waals surface area contributed by atoms with Crippen LogP contribution in [0.2, 0.25) is 0 Å². The summed E-state index contributed by atoms with van der Waals surface area (Å²) in [6, 6.07) is 0. The SMILES string of the molecule is CCN(CC)c1ncc(CNc2cnn(CCO)c2)s1. The van der Waals surface area contributed by atoms with Gasteiger partial charge >= 0.3 is 0 Å². The van der Waals surface area contributed by atoms with Crippen molar-refractivity contribution in [3.63, 3.8) is 0 Å². The Kier molecular flexibility index (Phi) is 5.37. The zero-order valence-corrected chi connectivity index (χ0v) is 12.7. The molecule has 0 amide bonds. The highest BCUT2D eigenvalue weighted by Gasteiger charge is 2.07. The molecule has 0 radical (unpaired) electrons. The molecule has 0 aromatic carbocycles. The van der Waals surface area contributed by atoms with Crippen LogP contribution in [0.4, 0.5) is 10.8 Å². The van der Waals surface area contributed by atoms with Crippen LogP contribution < -0.4 is 10.2 Å². The predicted molar refractivity (Wildman–Crippen MR) is 82.3 cm³/mol. The molecule has 2 aromatic heterocycles. The fourth-order valence-electron chi connectivity index (χ4n) is 1.89. The van der Waals surface area contributed by atoms with Crippen LogP contribution in [-0.4, -0.2) is 39.6 Å². The van der Waals surface area contributed by atoms with Gasteiger partial charge in [-0.3, -0.25) is 4.68 Å². The van der Waals surface area contributed by atoms with Gasteiger partial charge in [0, 0.05) is 30.4 Å². The maximum atomic E-state index is 8.85. The molecule has 7 heteroatoms. The first-order valence-electron chi connectivity index (χ1n) is 6.83. The minimum absolute atomic E-state index is 0.100. The molecule has 0 aliphatic carbocycles. The van der Waals surface area contributed by atoms with Crippen LogP contribution in [0, 0.1) is 0 Å². The number of aromatic nitrogens is 3. The lowest BCUT2D eigenvalue weighted by molar-refractivity contribution is 0.269. The van der Waals surface area contributed by atoms with Gasteiger partial charge in [-0.15, -0.1) is 11.3 Å². The monoisotopic (exact) mass is 295 g/mol. The van der Waals surface area contributed by atoms with Gasteiger partial charge in [0.25, 0.3) is 0 Å². The number of hydrogen-bond donors (Lipinski definition) is 2. The molecule has 2 rings (SSSR count). The third-order valence-corrected chi connectivity index (χ3v) is 4.06. The molecule has 0 saturated heterocycles. The Morgan fingerprint density at radius 1 is 1.35 bits per heavy atom. The third-order valence-electron chi connectivity index (χ3n) is 3.00. The highest BCUT2D eigenvalue weighted by molar-refractivity contribution is 7.15. The number of nitrogens with zero attached hydrogens (tertiary/aromatic N) is 4. The first kappa shape index (κ1) is 14.8. The summed E-state index contributed by atoms with van der Waals surface area (Å²) in [6.45, 7) is 7.59. The Morgan fingerprint density at radius 3 is 2.85 bits per heavy atom. The molecular weight excluding hydrogens is 274 g/mol. The van der Waals surface area contributed by atoms with Gasteiger partial charge in [-0.2, -0.15) is 5.10 Å². The number of aliphatic hydroxyl groups excluding tert-OH is 1. The number of nitrogens with one attached hydrogen (secondary N) is 1. The Bertz CT molecular complexity index is 520.